The topological polar surface area (TPSA) is 49.9 Å². The van der Waals surface area contributed by atoms with Gasteiger partial charge in [-0.05, 0) is 54.9 Å². The number of anilines is 1. The third-order valence-corrected chi connectivity index (χ3v) is 7.11. The Balaban J connectivity index is 1.59. The molecule has 4 rings (SSSR count). The Hall–Kier alpha value is -1.90. The normalized spacial score (nSPS) is 22.0. The fourth-order valence-corrected chi connectivity index (χ4v) is 6.02. The lowest BCUT2D eigenvalue weighted by atomic mass is 10.2. The van der Waals surface area contributed by atoms with E-state index >= 15 is 0 Å². The zero-order valence-corrected chi connectivity index (χ0v) is 16.4. The van der Waals surface area contributed by atoms with Crippen LogP contribution in [0, 0.1) is 0 Å². The summed E-state index contributed by atoms with van der Waals surface area (Å²) in [4.78, 5) is 29.5. The largest absolute Gasteiger partial charge is 0.462 e. The Morgan fingerprint density at radius 1 is 1.31 bits per heavy atom. The minimum Gasteiger partial charge on any atom is -0.462 e. The molecule has 26 heavy (non-hydrogen) atoms. The molecule has 5 nitrogen and oxygen atoms in total. The van der Waals surface area contributed by atoms with E-state index in [1.165, 1.54) is 4.88 Å². The molecule has 0 saturated carbocycles. The number of benzene rings is 1. The Morgan fingerprint density at radius 3 is 2.73 bits per heavy atom. The standard InChI is InChI=1S/C18H16N2O3S3/c1-2-23-17(22)11-5-7-12(8-6-11)19-15(21)13-10-26-16(20(13)18(19)24)14-4-3-9-25-14/h3-9,13,16H,2,10H2,1H3/t13-,16?/m0/s1. The van der Waals surface area contributed by atoms with E-state index in [2.05, 4.69) is 6.07 Å². The van der Waals surface area contributed by atoms with E-state index < -0.39 is 0 Å². The van der Waals surface area contributed by atoms with E-state index in [9.17, 15) is 9.59 Å². The number of ether oxygens (including phenoxy) is 1. The van der Waals surface area contributed by atoms with Crippen LogP contribution in [-0.4, -0.2) is 40.3 Å². The summed E-state index contributed by atoms with van der Waals surface area (Å²) < 4.78 is 5.00. The molecule has 2 aromatic rings. The molecule has 1 amide bonds. The van der Waals surface area contributed by atoms with Crippen LogP contribution in [0.4, 0.5) is 5.69 Å². The number of rotatable bonds is 4. The first kappa shape index (κ1) is 17.5. The van der Waals surface area contributed by atoms with E-state index in [1.807, 2.05) is 16.3 Å². The number of carbonyl (C=O) groups is 2. The Kier molecular flexibility index (Phi) is 4.73. The van der Waals surface area contributed by atoms with Crippen LogP contribution in [-0.2, 0) is 9.53 Å². The molecule has 1 aromatic carbocycles. The van der Waals surface area contributed by atoms with Crippen LogP contribution >= 0.6 is 35.3 Å². The SMILES string of the molecule is CCOC(=O)c1ccc(N2C(=O)[C@@H]3CSC(c4cccs4)N3C2=S)cc1. The molecular weight excluding hydrogens is 388 g/mol. The molecule has 0 radical (unpaired) electrons. The Morgan fingerprint density at radius 2 is 2.08 bits per heavy atom. The third kappa shape index (κ3) is 2.82. The predicted molar refractivity (Wildman–Crippen MR) is 108 cm³/mol. The van der Waals surface area contributed by atoms with E-state index in [-0.39, 0.29) is 23.3 Å². The zero-order chi connectivity index (χ0) is 18.3. The number of thiocarbonyl (C=S) groups is 1. The smallest absolute Gasteiger partial charge is 0.338 e. The number of amides is 1. The van der Waals surface area contributed by atoms with Crippen molar-refractivity contribution in [2.24, 2.45) is 0 Å². The minimum absolute atomic E-state index is 0.00885. The molecule has 134 valence electrons. The first-order valence-corrected chi connectivity index (χ1v) is 10.5. The van der Waals surface area contributed by atoms with Gasteiger partial charge in [-0.3, -0.25) is 9.69 Å². The number of hydrogen-bond donors (Lipinski definition) is 0. The van der Waals surface area contributed by atoms with Gasteiger partial charge in [0.05, 0.1) is 17.9 Å². The predicted octanol–water partition coefficient (Wildman–Crippen LogP) is 3.67. The number of fused-ring (bicyclic) bond motifs is 1. The van der Waals surface area contributed by atoms with Gasteiger partial charge in [-0.1, -0.05) is 6.07 Å². The average molecular weight is 405 g/mol. The van der Waals surface area contributed by atoms with Gasteiger partial charge in [0.1, 0.15) is 11.4 Å². The Labute approximate surface area is 164 Å². The van der Waals surface area contributed by atoms with Gasteiger partial charge in [0.2, 0.25) is 0 Å². The van der Waals surface area contributed by atoms with Crippen LogP contribution < -0.4 is 4.90 Å². The van der Waals surface area contributed by atoms with Crippen molar-refractivity contribution in [1.82, 2.24) is 4.90 Å². The second-order valence-electron chi connectivity index (χ2n) is 5.85. The van der Waals surface area contributed by atoms with E-state index in [1.54, 1.807) is 59.2 Å². The second kappa shape index (κ2) is 7.02. The van der Waals surface area contributed by atoms with Crippen LogP contribution in [0.3, 0.4) is 0 Å². The highest BCUT2D eigenvalue weighted by Crippen LogP contribution is 2.47. The Bertz CT molecular complexity index is 851. The molecule has 0 spiro atoms. The van der Waals surface area contributed by atoms with Gasteiger partial charge < -0.3 is 9.64 Å². The van der Waals surface area contributed by atoms with Crippen LogP contribution in [0.5, 0.6) is 0 Å². The van der Waals surface area contributed by atoms with Crippen molar-refractivity contribution < 1.29 is 14.3 Å². The molecular formula is C18H16N2O3S3. The average Bonchev–Trinajstić information content (AvgIpc) is 3.35. The number of nitrogens with zero attached hydrogens (tertiary/aromatic N) is 2. The van der Waals surface area contributed by atoms with Gasteiger partial charge in [-0.15, -0.1) is 23.1 Å². The van der Waals surface area contributed by atoms with Gasteiger partial charge in [0, 0.05) is 10.6 Å². The summed E-state index contributed by atoms with van der Waals surface area (Å²) in [7, 11) is 0. The summed E-state index contributed by atoms with van der Waals surface area (Å²) in [6.07, 6.45) is 0. The van der Waals surface area contributed by atoms with Gasteiger partial charge in [0.25, 0.3) is 5.91 Å². The monoisotopic (exact) mass is 404 g/mol. The van der Waals surface area contributed by atoms with Crippen LogP contribution in [0.1, 0.15) is 27.5 Å². The number of thioether (sulfide) groups is 1. The van der Waals surface area contributed by atoms with Crippen molar-refractivity contribution >= 4 is 58.0 Å². The maximum atomic E-state index is 12.9. The maximum absolute atomic E-state index is 12.9. The number of thiophene rings is 1. The second-order valence-corrected chi connectivity index (χ2v) is 8.31. The summed E-state index contributed by atoms with van der Waals surface area (Å²) in [5, 5.41) is 2.64. The molecule has 2 aliphatic rings. The summed E-state index contributed by atoms with van der Waals surface area (Å²) in [5.74, 6) is 0.341. The summed E-state index contributed by atoms with van der Waals surface area (Å²) in [5.41, 5.74) is 1.14. The van der Waals surface area contributed by atoms with Crippen molar-refractivity contribution in [3.05, 3.63) is 52.2 Å². The lowest BCUT2D eigenvalue weighted by molar-refractivity contribution is -0.119. The molecule has 3 heterocycles. The highest BCUT2D eigenvalue weighted by molar-refractivity contribution is 8.00. The molecule has 1 aromatic heterocycles. The van der Waals surface area contributed by atoms with Crippen molar-refractivity contribution in [2.45, 2.75) is 18.3 Å². The van der Waals surface area contributed by atoms with Crippen LogP contribution in [0.15, 0.2) is 41.8 Å². The van der Waals surface area contributed by atoms with Crippen LogP contribution in [0.25, 0.3) is 0 Å². The van der Waals surface area contributed by atoms with Crippen molar-refractivity contribution in [2.75, 3.05) is 17.3 Å². The van der Waals surface area contributed by atoms with Gasteiger partial charge in [-0.25, -0.2) is 4.79 Å². The lowest BCUT2D eigenvalue weighted by Gasteiger charge is -2.24. The molecule has 0 aliphatic carbocycles. The van der Waals surface area contributed by atoms with Crippen molar-refractivity contribution in [3.63, 3.8) is 0 Å². The lowest BCUT2D eigenvalue weighted by Crippen LogP contribution is -2.33. The van der Waals surface area contributed by atoms with E-state index in [4.69, 9.17) is 17.0 Å². The maximum Gasteiger partial charge on any atom is 0.338 e. The first-order chi connectivity index (χ1) is 12.6. The molecule has 2 aliphatic heterocycles. The van der Waals surface area contributed by atoms with Gasteiger partial charge in [0.15, 0.2) is 5.11 Å². The quantitative estimate of drug-likeness (QED) is 0.572. The summed E-state index contributed by atoms with van der Waals surface area (Å²) in [6, 6.07) is 10.7. The molecule has 0 bridgehead atoms. The number of esters is 1. The molecule has 8 heteroatoms. The number of hydrogen-bond acceptors (Lipinski definition) is 6. The summed E-state index contributed by atoms with van der Waals surface area (Å²) in [6.45, 7) is 2.09. The zero-order valence-electron chi connectivity index (χ0n) is 14.0. The van der Waals surface area contributed by atoms with E-state index in [0.29, 0.717) is 23.0 Å². The van der Waals surface area contributed by atoms with Crippen molar-refractivity contribution in [3.8, 4) is 0 Å². The fourth-order valence-electron chi connectivity index (χ4n) is 3.14. The third-order valence-electron chi connectivity index (χ3n) is 4.34. The molecule has 2 saturated heterocycles. The highest BCUT2D eigenvalue weighted by Gasteiger charge is 2.51. The number of carbonyl (C=O) groups excluding carboxylic acids is 2. The molecule has 2 fully saturated rings. The van der Waals surface area contributed by atoms with Crippen molar-refractivity contribution in [1.29, 1.82) is 0 Å². The van der Waals surface area contributed by atoms with Crippen LogP contribution in [0.2, 0.25) is 0 Å². The van der Waals surface area contributed by atoms with E-state index in [0.717, 1.165) is 5.75 Å². The summed E-state index contributed by atoms with van der Waals surface area (Å²) >= 11 is 9.07. The van der Waals surface area contributed by atoms with Gasteiger partial charge >= 0.3 is 5.97 Å². The minimum atomic E-state index is -0.371. The first-order valence-electron chi connectivity index (χ1n) is 8.20. The molecule has 2 atom stereocenters. The fraction of sp³-hybridized carbons (Fsp3) is 0.278. The van der Waals surface area contributed by atoms with Gasteiger partial charge in [-0.2, -0.15) is 0 Å². The molecule has 1 unspecified atom stereocenters. The highest BCUT2D eigenvalue weighted by atomic mass is 32.2. The molecule has 0 N–H and O–H groups in total.